The van der Waals surface area contributed by atoms with Gasteiger partial charge >= 0.3 is 5.97 Å². The Morgan fingerprint density at radius 3 is 2.68 bits per heavy atom. The SMILES string of the molecule is CCc1ccc(-c2cn3c(CC(=O)Nc4cc(C(=O)OC)ccc4Cl)csc3n2)cc1. The normalized spacial score (nSPS) is 10.9. The Labute approximate surface area is 188 Å². The number of esters is 1. The third-order valence-corrected chi connectivity index (χ3v) is 6.16. The van der Waals surface area contributed by atoms with Gasteiger partial charge in [-0.25, -0.2) is 9.78 Å². The van der Waals surface area contributed by atoms with E-state index < -0.39 is 5.97 Å². The predicted octanol–water partition coefficient (Wildman–Crippen LogP) is 5.25. The monoisotopic (exact) mass is 453 g/mol. The lowest BCUT2D eigenvalue weighted by molar-refractivity contribution is -0.115. The molecule has 6 nitrogen and oxygen atoms in total. The lowest BCUT2D eigenvalue weighted by Crippen LogP contribution is -2.16. The number of benzene rings is 2. The first-order chi connectivity index (χ1) is 15.0. The largest absolute Gasteiger partial charge is 0.465 e. The standard InChI is InChI=1S/C23H20ClN3O3S/c1-3-14-4-6-15(7-5-14)20-12-27-17(13-31-23(27)26-20)11-21(28)25-19-10-16(22(29)30-2)8-9-18(19)24/h4-10,12-13H,3,11H2,1-2H3,(H,25,28). The number of anilines is 1. The zero-order chi connectivity index (χ0) is 22.0. The van der Waals surface area contributed by atoms with Gasteiger partial charge in [0.15, 0.2) is 4.96 Å². The van der Waals surface area contributed by atoms with Crippen molar-refractivity contribution in [1.29, 1.82) is 0 Å². The zero-order valence-corrected chi connectivity index (χ0v) is 18.6. The number of methoxy groups -OCH3 is 1. The van der Waals surface area contributed by atoms with Gasteiger partial charge in [0, 0.05) is 22.8 Å². The van der Waals surface area contributed by atoms with Crippen molar-refractivity contribution in [2.75, 3.05) is 12.4 Å². The summed E-state index contributed by atoms with van der Waals surface area (Å²) < 4.78 is 6.65. The molecule has 0 saturated heterocycles. The smallest absolute Gasteiger partial charge is 0.337 e. The molecule has 0 aliphatic heterocycles. The second-order valence-corrected chi connectivity index (χ2v) is 8.21. The summed E-state index contributed by atoms with van der Waals surface area (Å²) in [5.41, 5.74) is 4.68. The van der Waals surface area contributed by atoms with Crippen molar-refractivity contribution in [2.45, 2.75) is 19.8 Å². The summed E-state index contributed by atoms with van der Waals surface area (Å²) >= 11 is 7.66. The molecule has 158 valence electrons. The molecule has 4 aromatic rings. The lowest BCUT2D eigenvalue weighted by atomic mass is 10.1. The Morgan fingerprint density at radius 2 is 1.97 bits per heavy atom. The number of fused-ring (bicyclic) bond motifs is 1. The van der Waals surface area contributed by atoms with Crippen LogP contribution in [-0.2, 0) is 22.4 Å². The maximum atomic E-state index is 12.7. The average molecular weight is 454 g/mol. The van der Waals surface area contributed by atoms with Crippen LogP contribution in [0.2, 0.25) is 5.02 Å². The van der Waals surface area contributed by atoms with Crippen molar-refractivity contribution >= 4 is 45.5 Å². The van der Waals surface area contributed by atoms with Gasteiger partial charge in [-0.3, -0.25) is 9.20 Å². The number of thiazole rings is 1. The minimum Gasteiger partial charge on any atom is -0.465 e. The second kappa shape index (κ2) is 8.91. The van der Waals surface area contributed by atoms with E-state index in [0.29, 0.717) is 16.3 Å². The van der Waals surface area contributed by atoms with E-state index in [-0.39, 0.29) is 12.3 Å². The molecular weight excluding hydrogens is 434 g/mol. The predicted molar refractivity (Wildman–Crippen MR) is 123 cm³/mol. The second-order valence-electron chi connectivity index (χ2n) is 6.97. The van der Waals surface area contributed by atoms with E-state index in [1.54, 1.807) is 12.1 Å². The molecule has 0 spiro atoms. The number of carbonyl (C=O) groups excluding carboxylic acids is 2. The van der Waals surface area contributed by atoms with E-state index in [2.05, 4.69) is 41.5 Å². The van der Waals surface area contributed by atoms with Crippen LogP contribution in [0, 0.1) is 0 Å². The highest BCUT2D eigenvalue weighted by atomic mass is 35.5. The van der Waals surface area contributed by atoms with Crippen LogP contribution in [0.1, 0.15) is 28.5 Å². The van der Waals surface area contributed by atoms with Crippen LogP contribution in [0.4, 0.5) is 5.69 Å². The first-order valence-corrected chi connectivity index (χ1v) is 11.0. The minimum absolute atomic E-state index is 0.142. The Balaban J connectivity index is 1.53. The van der Waals surface area contributed by atoms with Crippen molar-refractivity contribution in [1.82, 2.24) is 9.38 Å². The summed E-state index contributed by atoms with van der Waals surface area (Å²) in [4.78, 5) is 29.9. The molecule has 2 aromatic carbocycles. The summed E-state index contributed by atoms with van der Waals surface area (Å²) in [7, 11) is 1.30. The fourth-order valence-corrected chi connectivity index (χ4v) is 4.27. The number of nitrogens with one attached hydrogen (secondary N) is 1. The fraction of sp³-hybridized carbons (Fsp3) is 0.174. The molecule has 2 aromatic heterocycles. The number of hydrogen-bond donors (Lipinski definition) is 1. The molecule has 0 aliphatic rings. The van der Waals surface area contributed by atoms with E-state index in [9.17, 15) is 9.59 Å². The van der Waals surface area contributed by atoms with Crippen molar-refractivity contribution in [2.24, 2.45) is 0 Å². The topological polar surface area (TPSA) is 72.7 Å². The zero-order valence-electron chi connectivity index (χ0n) is 17.0. The number of aromatic nitrogens is 2. The van der Waals surface area contributed by atoms with Crippen LogP contribution in [-0.4, -0.2) is 28.4 Å². The minimum atomic E-state index is -0.496. The van der Waals surface area contributed by atoms with Gasteiger partial charge in [0.05, 0.1) is 35.5 Å². The van der Waals surface area contributed by atoms with E-state index in [1.807, 2.05) is 16.0 Å². The van der Waals surface area contributed by atoms with Crippen LogP contribution in [0.3, 0.4) is 0 Å². The number of aryl methyl sites for hydroxylation is 1. The van der Waals surface area contributed by atoms with Crippen LogP contribution in [0.5, 0.6) is 0 Å². The molecule has 31 heavy (non-hydrogen) atoms. The van der Waals surface area contributed by atoms with E-state index in [0.717, 1.165) is 28.3 Å². The molecule has 0 bridgehead atoms. The molecule has 8 heteroatoms. The molecule has 0 radical (unpaired) electrons. The first-order valence-electron chi connectivity index (χ1n) is 9.71. The molecule has 1 N–H and O–H groups in total. The number of halogens is 1. The maximum Gasteiger partial charge on any atom is 0.337 e. The van der Waals surface area contributed by atoms with Gasteiger partial charge in [-0.2, -0.15) is 0 Å². The number of amides is 1. The quantitative estimate of drug-likeness (QED) is 0.405. The van der Waals surface area contributed by atoms with Gasteiger partial charge < -0.3 is 10.1 Å². The number of rotatable bonds is 6. The molecule has 4 rings (SSSR count). The number of carbonyl (C=O) groups is 2. The number of nitrogens with zero attached hydrogens (tertiary/aromatic N) is 2. The van der Waals surface area contributed by atoms with E-state index >= 15 is 0 Å². The van der Waals surface area contributed by atoms with E-state index in [4.69, 9.17) is 16.3 Å². The fourth-order valence-electron chi connectivity index (χ4n) is 3.23. The molecular formula is C23H20ClN3O3S. The Hall–Kier alpha value is -3.16. The molecule has 1 amide bonds. The summed E-state index contributed by atoms with van der Waals surface area (Å²) in [5.74, 6) is -0.740. The van der Waals surface area contributed by atoms with Crippen molar-refractivity contribution < 1.29 is 14.3 Å². The lowest BCUT2D eigenvalue weighted by Gasteiger charge is -2.09. The Bertz CT molecular complexity index is 1260. The van der Waals surface area contributed by atoms with Gasteiger partial charge in [-0.15, -0.1) is 11.3 Å². The molecule has 0 fully saturated rings. The molecule has 2 heterocycles. The van der Waals surface area contributed by atoms with Crippen LogP contribution >= 0.6 is 22.9 Å². The average Bonchev–Trinajstić information content (AvgIpc) is 3.36. The number of ether oxygens (including phenoxy) is 1. The Morgan fingerprint density at radius 1 is 1.19 bits per heavy atom. The van der Waals surface area contributed by atoms with Gasteiger partial charge in [0.1, 0.15) is 0 Å². The van der Waals surface area contributed by atoms with Crippen molar-refractivity contribution in [3.63, 3.8) is 0 Å². The highest BCUT2D eigenvalue weighted by molar-refractivity contribution is 7.15. The van der Waals surface area contributed by atoms with Crippen molar-refractivity contribution in [3.8, 4) is 11.3 Å². The number of hydrogen-bond acceptors (Lipinski definition) is 5. The third kappa shape index (κ3) is 4.47. The van der Waals surface area contributed by atoms with Crippen LogP contribution < -0.4 is 5.32 Å². The number of imidazole rings is 1. The van der Waals surface area contributed by atoms with Gasteiger partial charge in [0.2, 0.25) is 5.91 Å². The molecule has 0 atom stereocenters. The van der Waals surface area contributed by atoms with Gasteiger partial charge in [-0.1, -0.05) is 42.8 Å². The summed E-state index contributed by atoms with van der Waals surface area (Å²) in [6.45, 7) is 2.12. The maximum absolute atomic E-state index is 12.7. The van der Waals surface area contributed by atoms with Crippen LogP contribution in [0.15, 0.2) is 54.0 Å². The van der Waals surface area contributed by atoms with Crippen molar-refractivity contribution in [3.05, 3.63) is 75.9 Å². The molecule has 0 unspecified atom stereocenters. The highest BCUT2D eigenvalue weighted by Gasteiger charge is 2.15. The van der Waals surface area contributed by atoms with Gasteiger partial charge in [-0.05, 0) is 30.2 Å². The molecule has 0 aliphatic carbocycles. The highest BCUT2D eigenvalue weighted by Crippen LogP contribution is 2.26. The molecule has 0 saturated carbocycles. The summed E-state index contributed by atoms with van der Waals surface area (Å²) in [5, 5.41) is 5.04. The third-order valence-electron chi connectivity index (χ3n) is 4.94. The van der Waals surface area contributed by atoms with Crippen LogP contribution in [0.25, 0.3) is 16.2 Å². The van der Waals surface area contributed by atoms with E-state index in [1.165, 1.54) is 30.1 Å². The summed E-state index contributed by atoms with van der Waals surface area (Å²) in [6.07, 6.45) is 3.08. The van der Waals surface area contributed by atoms with Gasteiger partial charge in [0.25, 0.3) is 0 Å². The summed E-state index contributed by atoms with van der Waals surface area (Å²) in [6, 6.07) is 12.9. The Kier molecular flexibility index (Phi) is 6.06. The first kappa shape index (κ1) is 21.1.